The van der Waals surface area contributed by atoms with Crippen molar-refractivity contribution in [3.05, 3.63) is 36.3 Å². The number of pyridine rings is 1. The van der Waals surface area contributed by atoms with E-state index < -0.39 is 0 Å². The quantitative estimate of drug-likeness (QED) is 0.554. The largest absolute Gasteiger partial charge is 0.333 e. The lowest BCUT2D eigenvalue weighted by Crippen LogP contribution is -1.89. The minimum Gasteiger partial charge on any atom is -0.333 e. The maximum Gasteiger partial charge on any atom is 0.0955 e. The normalized spacial score (nSPS) is 11.3. The summed E-state index contributed by atoms with van der Waals surface area (Å²) < 4.78 is 2.04. The van der Waals surface area contributed by atoms with Crippen molar-refractivity contribution in [1.29, 1.82) is 0 Å². The van der Waals surface area contributed by atoms with Crippen LogP contribution < -0.4 is 0 Å². The molecule has 0 aliphatic carbocycles. The predicted octanol–water partition coefficient (Wildman–Crippen LogP) is 2.43. The van der Waals surface area contributed by atoms with Crippen molar-refractivity contribution in [2.45, 2.75) is 6.92 Å². The van der Waals surface area contributed by atoms with Crippen molar-refractivity contribution < 1.29 is 0 Å². The Morgan fingerprint density at radius 1 is 1.27 bits per heavy atom. The third-order valence-electron chi connectivity index (χ3n) is 2.75. The van der Waals surface area contributed by atoms with E-state index in [4.69, 9.17) is 0 Å². The van der Waals surface area contributed by atoms with Gasteiger partial charge in [-0.25, -0.2) is 4.98 Å². The second kappa shape index (κ2) is 2.79. The molecule has 2 aromatic heterocycles. The van der Waals surface area contributed by atoms with Gasteiger partial charge in [0.05, 0.1) is 22.9 Å². The average Bonchev–Trinajstić information content (AvgIpc) is 2.61. The van der Waals surface area contributed by atoms with E-state index in [1.165, 1.54) is 10.9 Å². The molecule has 0 spiro atoms. The van der Waals surface area contributed by atoms with E-state index in [9.17, 15) is 0 Å². The summed E-state index contributed by atoms with van der Waals surface area (Å²) >= 11 is 0. The molecule has 0 amide bonds. The van der Waals surface area contributed by atoms with E-state index in [1.54, 1.807) is 0 Å². The first-order valence-corrected chi connectivity index (χ1v) is 4.93. The smallest absolute Gasteiger partial charge is 0.0955 e. The molecule has 3 heteroatoms. The maximum absolute atomic E-state index is 4.41. The van der Waals surface area contributed by atoms with Gasteiger partial charge in [0.15, 0.2) is 0 Å². The number of aryl methyl sites for hydroxylation is 2. The van der Waals surface area contributed by atoms with Crippen molar-refractivity contribution in [1.82, 2.24) is 14.5 Å². The highest BCUT2D eigenvalue weighted by Crippen LogP contribution is 2.25. The number of benzene rings is 1. The van der Waals surface area contributed by atoms with Gasteiger partial charge in [0.25, 0.3) is 0 Å². The summed E-state index contributed by atoms with van der Waals surface area (Å²) in [6, 6.07) is 6.15. The number of fused-ring (bicyclic) bond motifs is 3. The van der Waals surface area contributed by atoms with Gasteiger partial charge < -0.3 is 4.57 Å². The number of imidazole rings is 1. The van der Waals surface area contributed by atoms with Crippen molar-refractivity contribution >= 4 is 21.9 Å². The topological polar surface area (TPSA) is 30.7 Å². The molecule has 1 aromatic carbocycles. The fourth-order valence-corrected chi connectivity index (χ4v) is 2.07. The summed E-state index contributed by atoms with van der Waals surface area (Å²) in [7, 11) is 2.01. The minimum absolute atomic E-state index is 1.04. The van der Waals surface area contributed by atoms with Crippen LogP contribution in [0.5, 0.6) is 0 Å². The van der Waals surface area contributed by atoms with E-state index in [0.29, 0.717) is 0 Å². The third kappa shape index (κ3) is 1.06. The van der Waals surface area contributed by atoms with Gasteiger partial charge in [-0.2, -0.15) is 0 Å². The first-order valence-electron chi connectivity index (χ1n) is 4.93. The van der Waals surface area contributed by atoms with E-state index >= 15 is 0 Å². The summed E-state index contributed by atoms with van der Waals surface area (Å²) in [5.74, 6) is 0. The third-order valence-corrected chi connectivity index (χ3v) is 2.75. The lowest BCUT2D eigenvalue weighted by molar-refractivity contribution is 0.950. The zero-order chi connectivity index (χ0) is 10.4. The van der Waals surface area contributed by atoms with Crippen molar-refractivity contribution in [3.8, 4) is 0 Å². The molecule has 15 heavy (non-hydrogen) atoms. The molecule has 0 aliphatic heterocycles. The highest BCUT2D eigenvalue weighted by molar-refractivity contribution is 6.04. The van der Waals surface area contributed by atoms with Crippen LogP contribution in [0.25, 0.3) is 21.9 Å². The maximum atomic E-state index is 4.41. The molecule has 2 heterocycles. The monoisotopic (exact) mass is 197 g/mol. The van der Waals surface area contributed by atoms with Crippen LogP contribution in [0.2, 0.25) is 0 Å². The number of hydrogen-bond donors (Lipinski definition) is 0. The Balaban J connectivity index is 2.67. The number of nitrogens with zero attached hydrogens (tertiary/aromatic N) is 3. The van der Waals surface area contributed by atoms with Gasteiger partial charge in [-0.1, -0.05) is 0 Å². The predicted molar refractivity (Wildman–Crippen MR) is 60.8 cm³/mol. The average molecular weight is 197 g/mol. The Labute approximate surface area is 87.4 Å². The number of rotatable bonds is 0. The van der Waals surface area contributed by atoms with Crippen LogP contribution in [0.1, 0.15) is 5.56 Å². The molecule has 0 saturated heterocycles. The molecule has 74 valence electrons. The molecule has 0 unspecified atom stereocenters. The zero-order valence-electron chi connectivity index (χ0n) is 8.73. The van der Waals surface area contributed by atoms with Gasteiger partial charge in [0.1, 0.15) is 0 Å². The van der Waals surface area contributed by atoms with Crippen LogP contribution in [0.3, 0.4) is 0 Å². The molecule has 3 aromatic rings. The molecule has 0 saturated carbocycles. The fourth-order valence-electron chi connectivity index (χ4n) is 2.07. The van der Waals surface area contributed by atoms with Gasteiger partial charge in [0.2, 0.25) is 0 Å². The minimum atomic E-state index is 1.04. The van der Waals surface area contributed by atoms with Crippen LogP contribution in [-0.4, -0.2) is 14.5 Å². The molecular weight excluding hydrogens is 186 g/mol. The van der Waals surface area contributed by atoms with Crippen LogP contribution in [0, 0.1) is 6.92 Å². The molecule has 0 fully saturated rings. The van der Waals surface area contributed by atoms with E-state index in [2.05, 4.69) is 29.0 Å². The van der Waals surface area contributed by atoms with Crippen LogP contribution >= 0.6 is 0 Å². The van der Waals surface area contributed by atoms with Gasteiger partial charge in [-0.05, 0) is 30.7 Å². The van der Waals surface area contributed by atoms with Crippen molar-refractivity contribution in [3.63, 3.8) is 0 Å². The molecule has 3 nitrogen and oxygen atoms in total. The highest BCUT2D eigenvalue weighted by atomic mass is 15.0. The SMILES string of the molecule is Cc1cc2ncn(C)c2c2cccnc12. The van der Waals surface area contributed by atoms with Gasteiger partial charge in [-0.3, -0.25) is 4.98 Å². The zero-order valence-corrected chi connectivity index (χ0v) is 8.73. The number of aromatic nitrogens is 3. The van der Waals surface area contributed by atoms with Crippen molar-refractivity contribution in [2.24, 2.45) is 7.05 Å². The van der Waals surface area contributed by atoms with Crippen molar-refractivity contribution in [2.75, 3.05) is 0 Å². The van der Waals surface area contributed by atoms with Crippen LogP contribution in [0.4, 0.5) is 0 Å². The Morgan fingerprint density at radius 2 is 2.13 bits per heavy atom. The molecule has 0 atom stereocenters. The number of hydrogen-bond acceptors (Lipinski definition) is 2. The standard InChI is InChI=1S/C12H11N3/c1-8-6-10-12(15(2)7-14-10)9-4-3-5-13-11(8)9/h3-7H,1-2H3. The molecule has 0 radical (unpaired) electrons. The summed E-state index contributed by atoms with van der Waals surface area (Å²) in [5.41, 5.74) is 4.43. The highest BCUT2D eigenvalue weighted by Gasteiger charge is 2.07. The van der Waals surface area contributed by atoms with Gasteiger partial charge in [0, 0.05) is 18.6 Å². The lowest BCUT2D eigenvalue weighted by Gasteiger charge is -2.03. The second-order valence-electron chi connectivity index (χ2n) is 3.82. The summed E-state index contributed by atoms with van der Waals surface area (Å²) in [5, 5.41) is 1.17. The van der Waals surface area contributed by atoms with Gasteiger partial charge >= 0.3 is 0 Å². The molecule has 0 aliphatic rings. The molecule has 3 rings (SSSR count). The first-order chi connectivity index (χ1) is 7.27. The van der Waals surface area contributed by atoms with E-state index in [-0.39, 0.29) is 0 Å². The summed E-state index contributed by atoms with van der Waals surface area (Å²) in [6.07, 6.45) is 3.67. The summed E-state index contributed by atoms with van der Waals surface area (Å²) in [6.45, 7) is 2.07. The lowest BCUT2D eigenvalue weighted by atomic mass is 10.1. The Bertz CT molecular complexity index is 652. The Morgan fingerprint density at radius 3 is 3.00 bits per heavy atom. The fraction of sp³-hybridized carbons (Fsp3) is 0.167. The van der Waals surface area contributed by atoms with Gasteiger partial charge in [-0.15, -0.1) is 0 Å². The molecule has 0 N–H and O–H groups in total. The Kier molecular flexibility index (Phi) is 1.57. The van der Waals surface area contributed by atoms with E-state index in [1.807, 2.05) is 30.2 Å². The van der Waals surface area contributed by atoms with Crippen LogP contribution in [-0.2, 0) is 7.05 Å². The Hall–Kier alpha value is -1.90. The second-order valence-corrected chi connectivity index (χ2v) is 3.82. The molecule has 0 bridgehead atoms. The van der Waals surface area contributed by atoms with E-state index in [0.717, 1.165) is 16.6 Å². The van der Waals surface area contributed by atoms with Crippen LogP contribution in [0.15, 0.2) is 30.7 Å². The summed E-state index contributed by atoms with van der Waals surface area (Å²) in [4.78, 5) is 8.77. The first kappa shape index (κ1) is 8.41. The molecular formula is C12H11N3.